The fourth-order valence-corrected chi connectivity index (χ4v) is 4.46. The average Bonchev–Trinajstić information content (AvgIpc) is 2.61. The predicted molar refractivity (Wildman–Crippen MR) is 99.8 cm³/mol. The Hall–Kier alpha value is -1.78. The van der Waals surface area contributed by atoms with Crippen molar-refractivity contribution in [2.45, 2.75) is 43.7 Å². The van der Waals surface area contributed by atoms with Crippen LogP contribution in [-0.4, -0.2) is 29.7 Å². The lowest BCUT2D eigenvalue weighted by Crippen LogP contribution is -2.48. The fraction of sp³-hybridized carbons (Fsp3) is 0.455. The Kier molecular flexibility index (Phi) is 5.73. The van der Waals surface area contributed by atoms with Crippen molar-refractivity contribution < 1.29 is 13.9 Å². The van der Waals surface area contributed by atoms with E-state index in [1.165, 1.54) is 11.6 Å². The molecule has 4 heteroatoms. The molecule has 3 unspecified atom stereocenters. The van der Waals surface area contributed by atoms with E-state index in [0.29, 0.717) is 18.4 Å². The van der Waals surface area contributed by atoms with Gasteiger partial charge >= 0.3 is 0 Å². The molecule has 2 aromatic rings. The van der Waals surface area contributed by atoms with Gasteiger partial charge in [0.2, 0.25) is 0 Å². The molecule has 0 radical (unpaired) electrons. The zero-order valence-electron chi connectivity index (χ0n) is 15.5. The Morgan fingerprint density at radius 2 is 1.81 bits per heavy atom. The molecule has 1 N–H and O–H groups in total. The summed E-state index contributed by atoms with van der Waals surface area (Å²) in [5.74, 6) is -1.68. The van der Waals surface area contributed by atoms with Gasteiger partial charge in [-0.05, 0) is 50.2 Å². The monoisotopic (exact) mass is 359 g/mol. The van der Waals surface area contributed by atoms with E-state index in [9.17, 15) is 13.9 Å². The van der Waals surface area contributed by atoms with Crippen LogP contribution in [0.4, 0.5) is 8.78 Å². The van der Waals surface area contributed by atoms with Crippen LogP contribution in [-0.2, 0) is 6.42 Å². The van der Waals surface area contributed by atoms with Crippen LogP contribution in [0.15, 0.2) is 48.5 Å². The van der Waals surface area contributed by atoms with Gasteiger partial charge in [0.25, 0.3) is 0 Å². The van der Waals surface area contributed by atoms with Crippen molar-refractivity contribution in [3.05, 3.63) is 71.3 Å². The molecule has 0 saturated heterocycles. The summed E-state index contributed by atoms with van der Waals surface area (Å²) >= 11 is 0. The van der Waals surface area contributed by atoms with E-state index in [2.05, 4.69) is 17.0 Å². The van der Waals surface area contributed by atoms with Crippen LogP contribution in [0.2, 0.25) is 0 Å². The maximum absolute atomic E-state index is 13.6. The smallest absolute Gasteiger partial charge is 0.159 e. The Morgan fingerprint density at radius 3 is 2.46 bits per heavy atom. The van der Waals surface area contributed by atoms with E-state index in [1.807, 2.05) is 32.3 Å². The van der Waals surface area contributed by atoms with Crippen molar-refractivity contribution in [2.24, 2.45) is 5.92 Å². The highest BCUT2D eigenvalue weighted by atomic mass is 19.2. The number of halogens is 2. The van der Waals surface area contributed by atoms with Gasteiger partial charge in [0, 0.05) is 18.4 Å². The predicted octanol–water partition coefficient (Wildman–Crippen LogP) is 4.73. The first-order chi connectivity index (χ1) is 12.4. The Labute approximate surface area is 154 Å². The molecule has 0 spiro atoms. The van der Waals surface area contributed by atoms with E-state index < -0.39 is 17.2 Å². The zero-order valence-corrected chi connectivity index (χ0v) is 15.5. The van der Waals surface area contributed by atoms with Crippen LogP contribution in [0.1, 0.15) is 42.9 Å². The first kappa shape index (κ1) is 19.0. The molecule has 1 fully saturated rings. The van der Waals surface area contributed by atoms with Crippen LogP contribution >= 0.6 is 0 Å². The topological polar surface area (TPSA) is 23.5 Å². The van der Waals surface area contributed by atoms with Gasteiger partial charge in [-0.3, -0.25) is 0 Å². The third kappa shape index (κ3) is 3.97. The molecule has 1 saturated carbocycles. The summed E-state index contributed by atoms with van der Waals surface area (Å²) in [4.78, 5) is 2.15. The molecule has 0 bridgehead atoms. The second kappa shape index (κ2) is 7.85. The van der Waals surface area contributed by atoms with Gasteiger partial charge in [0.15, 0.2) is 11.6 Å². The summed E-state index contributed by atoms with van der Waals surface area (Å²) < 4.78 is 26.9. The standard InChI is InChI=1S/C22H27F2NO/c1-25(2)21(17-8-4-3-5-9-17)18-10-6-7-13-22(18,26)15-16-11-12-19(23)20(24)14-16/h3-5,8-9,11-12,14,18,21,26H,6-7,10,13,15H2,1-2H3. The Bertz CT molecular complexity index is 734. The second-order valence-corrected chi connectivity index (χ2v) is 7.70. The zero-order chi connectivity index (χ0) is 18.7. The van der Waals surface area contributed by atoms with Crippen LogP contribution < -0.4 is 0 Å². The van der Waals surface area contributed by atoms with Crippen LogP contribution in [0.25, 0.3) is 0 Å². The van der Waals surface area contributed by atoms with Gasteiger partial charge in [-0.1, -0.05) is 49.2 Å². The first-order valence-corrected chi connectivity index (χ1v) is 9.28. The molecule has 2 nitrogen and oxygen atoms in total. The number of rotatable bonds is 5. The van der Waals surface area contributed by atoms with Gasteiger partial charge in [-0.15, -0.1) is 0 Å². The summed E-state index contributed by atoms with van der Waals surface area (Å²) in [5, 5.41) is 11.6. The molecule has 0 heterocycles. The lowest BCUT2D eigenvalue weighted by atomic mass is 9.67. The maximum Gasteiger partial charge on any atom is 0.159 e. The molecule has 0 aromatic heterocycles. The lowest BCUT2D eigenvalue weighted by Gasteiger charge is -2.46. The quantitative estimate of drug-likeness (QED) is 0.834. The highest BCUT2D eigenvalue weighted by Crippen LogP contribution is 2.45. The van der Waals surface area contributed by atoms with Crippen molar-refractivity contribution >= 4 is 0 Å². The molecular weight excluding hydrogens is 332 g/mol. The Balaban J connectivity index is 1.93. The summed E-state index contributed by atoms with van der Waals surface area (Å²) in [7, 11) is 4.06. The highest BCUT2D eigenvalue weighted by molar-refractivity contribution is 5.24. The van der Waals surface area contributed by atoms with E-state index in [1.54, 1.807) is 6.07 Å². The summed E-state index contributed by atoms with van der Waals surface area (Å²) in [6.45, 7) is 0. The molecule has 26 heavy (non-hydrogen) atoms. The van der Waals surface area contributed by atoms with Gasteiger partial charge < -0.3 is 10.0 Å². The third-order valence-electron chi connectivity index (χ3n) is 5.64. The SMILES string of the molecule is CN(C)C(c1ccccc1)C1CCCCC1(O)Cc1ccc(F)c(F)c1. The number of hydrogen-bond acceptors (Lipinski definition) is 2. The minimum atomic E-state index is -0.937. The molecular formula is C22H27F2NO. The van der Waals surface area contributed by atoms with Gasteiger partial charge in [0.1, 0.15) is 0 Å². The molecule has 2 aromatic carbocycles. The van der Waals surface area contributed by atoms with Gasteiger partial charge in [-0.25, -0.2) is 8.78 Å². The molecule has 1 aliphatic rings. The van der Waals surface area contributed by atoms with Crippen molar-refractivity contribution in [1.29, 1.82) is 0 Å². The van der Waals surface area contributed by atoms with Crippen LogP contribution in [0, 0.1) is 17.6 Å². The minimum absolute atomic E-state index is 0.0294. The molecule has 0 aliphatic heterocycles. The summed E-state index contributed by atoms with van der Waals surface area (Å²) in [6.07, 6.45) is 3.95. The normalized spacial score (nSPS) is 24.6. The highest BCUT2D eigenvalue weighted by Gasteiger charge is 2.44. The van der Waals surface area contributed by atoms with Crippen LogP contribution in [0.3, 0.4) is 0 Å². The van der Waals surface area contributed by atoms with E-state index in [0.717, 1.165) is 25.3 Å². The second-order valence-electron chi connectivity index (χ2n) is 7.70. The lowest BCUT2D eigenvalue weighted by molar-refractivity contribution is -0.0771. The average molecular weight is 359 g/mol. The Morgan fingerprint density at radius 1 is 1.08 bits per heavy atom. The van der Waals surface area contributed by atoms with Gasteiger partial charge in [-0.2, -0.15) is 0 Å². The fourth-order valence-electron chi connectivity index (χ4n) is 4.46. The minimum Gasteiger partial charge on any atom is -0.389 e. The number of hydrogen-bond donors (Lipinski definition) is 1. The molecule has 3 atom stereocenters. The van der Waals surface area contributed by atoms with Crippen LogP contribution in [0.5, 0.6) is 0 Å². The maximum atomic E-state index is 13.6. The number of benzene rings is 2. The molecule has 3 rings (SSSR count). The van der Waals surface area contributed by atoms with Crippen molar-refractivity contribution in [3.63, 3.8) is 0 Å². The largest absolute Gasteiger partial charge is 0.389 e. The third-order valence-corrected chi connectivity index (χ3v) is 5.64. The van der Waals surface area contributed by atoms with Gasteiger partial charge in [0.05, 0.1) is 5.60 Å². The number of aliphatic hydroxyl groups is 1. The molecule has 1 aliphatic carbocycles. The van der Waals surface area contributed by atoms with Crippen molar-refractivity contribution in [3.8, 4) is 0 Å². The summed E-state index contributed by atoms with van der Waals surface area (Å²) in [5.41, 5.74) is 0.879. The number of nitrogens with zero attached hydrogens (tertiary/aromatic N) is 1. The van der Waals surface area contributed by atoms with Crippen molar-refractivity contribution in [1.82, 2.24) is 4.90 Å². The molecule has 140 valence electrons. The first-order valence-electron chi connectivity index (χ1n) is 9.28. The van der Waals surface area contributed by atoms with Crippen molar-refractivity contribution in [2.75, 3.05) is 14.1 Å². The van der Waals surface area contributed by atoms with E-state index >= 15 is 0 Å². The van der Waals surface area contributed by atoms with E-state index in [4.69, 9.17) is 0 Å². The van der Waals surface area contributed by atoms with E-state index in [-0.39, 0.29) is 12.0 Å². The summed E-state index contributed by atoms with van der Waals surface area (Å²) in [6, 6.07) is 14.2. The molecule has 0 amide bonds.